The van der Waals surface area contributed by atoms with Crippen molar-refractivity contribution in [1.29, 1.82) is 0 Å². The predicted octanol–water partition coefficient (Wildman–Crippen LogP) is 1.17. The van der Waals surface area contributed by atoms with Gasteiger partial charge in [0.2, 0.25) is 10.0 Å². The molecule has 6 nitrogen and oxygen atoms in total. The van der Waals surface area contributed by atoms with Gasteiger partial charge in [0.15, 0.2) is 0 Å². The molecule has 0 N–H and O–H groups in total. The highest BCUT2D eigenvalue weighted by molar-refractivity contribution is 7.89. The first-order valence-electron chi connectivity index (χ1n) is 6.66. The molecule has 1 saturated heterocycles. The second-order valence-electron chi connectivity index (χ2n) is 4.97. The molecular formula is C12H20ClN3O3S. The normalized spacial score (nSPS) is 17.8. The quantitative estimate of drug-likeness (QED) is 0.738. The van der Waals surface area contributed by atoms with E-state index in [-0.39, 0.29) is 4.90 Å². The van der Waals surface area contributed by atoms with Crippen LogP contribution in [0.3, 0.4) is 0 Å². The Morgan fingerprint density at radius 1 is 1.50 bits per heavy atom. The molecule has 8 heteroatoms. The Hall–Kier alpha value is -0.630. The topological polar surface area (TPSA) is 64.4 Å². The minimum atomic E-state index is -3.47. The van der Waals surface area contributed by atoms with E-state index in [2.05, 4.69) is 5.10 Å². The molecule has 0 amide bonds. The van der Waals surface area contributed by atoms with E-state index in [4.69, 9.17) is 16.3 Å². The van der Waals surface area contributed by atoms with Crippen molar-refractivity contribution < 1.29 is 13.2 Å². The van der Waals surface area contributed by atoms with Crippen LogP contribution < -0.4 is 0 Å². The summed E-state index contributed by atoms with van der Waals surface area (Å²) in [5.41, 5.74) is 0. The molecule has 1 aliphatic rings. The van der Waals surface area contributed by atoms with Gasteiger partial charge in [0.05, 0.1) is 12.7 Å². The minimum absolute atomic E-state index is 0.220. The highest BCUT2D eigenvalue weighted by atomic mass is 35.5. The maximum Gasteiger partial charge on any atom is 0.245 e. The van der Waals surface area contributed by atoms with Crippen molar-refractivity contribution in [3.8, 4) is 0 Å². The van der Waals surface area contributed by atoms with E-state index in [0.717, 1.165) is 12.8 Å². The summed E-state index contributed by atoms with van der Waals surface area (Å²) in [7, 11) is -1.85. The number of hydrogen-bond acceptors (Lipinski definition) is 4. The van der Waals surface area contributed by atoms with Crippen LogP contribution in [0.25, 0.3) is 0 Å². The molecule has 114 valence electrons. The smallest absolute Gasteiger partial charge is 0.245 e. The van der Waals surface area contributed by atoms with Gasteiger partial charge in [0.1, 0.15) is 4.90 Å². The fourth-order valence-electron chi connectivity index (χ4n) is 2.26. The average molecular weight is 322 g/mol. The van der Waals surface area contributed by atoms with Crippen LogP contribution in [-0.2, 0) is 21.3 Å². The van der Waals surface area contributed by atoms with Gasteiger partial charge in [-0.2, -0.15) is 5.10 Å². The van der Waals surface area contributed by atoms with E-state index in [1.807, 2.05) is 0 Å². The Bertz CT molecular complexity index is 526. The number of alkyl halides is 1. The number of ether oxygens (including phenoxy) is 1. The first kappa shape index (κ1) is 15.8. The van der Waals surface area contributed by atoms with Gasteiger partial charge in [-0.15, -0.1) is 11.6 Å². The summed E-state index contributed by atoms with van der Waals surface area (Å²) in [5, 5.41) is 4.01. The van der Waals surface area contributed by atoms with E-state index in [1.165, 1.54) is 16.7 Å². The number of nitrogens with zero attached hydrogens (tertiary/aromatic N) is 3. The molecule has 1 aromatic heterocycles. The lowest BCUT2D eigenvalue weighted by molar-refractivity contribution is 0.0620. The predicted molar refractivity (Wildman–Crippen MR) is 76.3 cm³/mol. The molecule has 0 atom stereocenters. The minimum Gasteiger partial charge on any atom is -0.381 e. The van der Waals surface area contributed by atoms with Crippen molar-refractivity contribution in [3.05, 3.63) is 12.4 Å². The molecule has 0 spiro atoms. The van der Waals surface area contributed by atoms with Crippen LogP contribution in [0.2, 0.25) is 0 Å². The zero-order valence-electron chi connectivity index (χ0n) is 11.5. The largest absolute Gasteiger partial charge is 0.381 e. The lowest BCUT2D eigenvalue weighted by Crippen LogP contribution is -2.34. The van der Waals surface area contributed by atoms with Crippen molar-refractivity contribution >= 4 is 21.6 Å². The Balaban J connectivity index is 2.03. The third-order valence-corrected chi connectivity index (χ3v) is 5.43. The molecule has 0 bridgehead atoms. The number of halogens is 1. The van der Waals surface area contributed by atoms with Crippen molar-refractivity contribution in [1.82, 2.24) is 14.1 Å². The lowest BCUT2D eigenvalue weighted by atomic mass is 10.0. The maximum atomic E-state index is 12.4. The van der Waals surface area contributed by atoms with Crippen LogP contribution in [0.15, 0.2) is 17.3 Å². The van der Waals surface area contributed by atoms with Crippen LogP contribution in [0.1, 0.15) is 12.8 Å². The Morgan fingerprint density at radius 2 is 2.20 bits per heavy atom. The van der Waals surface area contributed by atoms with Gasteiger partial charge in [-0.05, 0) is 18.8 Å². The summed E-state index contributed by atoms with van der Waals surface area (Å²) >= 11 is 5.62. The summed E-state index contributed by atoms with van der Waals surface area (Å²) in [5.74, 6) is 0.764. The molecule has 2 rings (SSSR count). The Labute approximate surface area is 124 Å². The molecule has 20 heavy (non-hydrogen) atoms. The summed E-state index contributed by atoms with van der Waals surface area (Å²) in [6, 6.07) is 0. The number of sulfonamides is 1. The Kier molecular flexibility index (Phi) is 5.42. The number of hydrogen-bond donors (Lipinski definition) is 0. The van der Waals surface area contributed by atoms with E-state index in [9.17, 15) is 8.42 Å². The fraction of sp³-hybridized carbons (Fsp3) is 0.750. The third-order valence-electron chi connectivity index (χ3n) is 3.49. The standard InChI is InChI=1S/C12H20ClN3O3S/c1-15(9-11-2-6-19-7-3-11)20(17,18)12-8-14-16(10-12)5-4-13/h8,10-11H,2-7,9H2,1H3. The van der Waals surface area contributed by atoms with E-state index < -0.39 is 10.0 Å². The zero-order valence-corrected chi connectivity index (χ0v) is 13.1. The molecule has 2 heterocycles. The summed E-state index contributed by atoms with van der Waals surface area (Å²) in [4.78, 5) is 0.220. The fourth-order valence-corrected chi connectivity index (χ4v) is 3.63. The first-order valence-corrected chi connectivity index (χ1v) is 8.64. The zero-order chi connectivity index (χ0) is 14.6. The number of aromatic nitrogens is 2. The highest BCUT2D eigenvalue weighted by Crippen LogP contribution is 2.20. The van der Waals surface area contributed by atoms with Gasteiger partial charge in [-0.1, -0.05) is 0 Å². The van der Waals surface area contributed by atoms with Gasteiger partial charge in [-0.25, -0.2) is 12.7 Å². The lowest BCUT2D eigenvalue weighted by Gasteiger charge is -2.26. The monoisotopic (exact) mass is 321 g/mol. The Morgan fingerprint density at radius 3 is 2.85 bits per heavy atom. The van der Waals surface area contributed by atoms with Gasteiger partial charge in [0, 0.05) is 38.9 Å². The van der Waals surface area contributed by atoms with E-state index in [1.54, 1.807) is 11.7 Å². The molecule has 1 fully saturated rings. The molecule has 0 radical (unpaired) electrons. The van der Waals surface area contributed by atoms with Gasteiger partial charge in [-0.3, -0.25) is 4.68 Å². The maximum absolute atomic E-state index is 12.4. The van der Waals surface area contributed by atoms with Gasteiger partial charge in [0.25, 0.3) is 0 Å². The summed E-state index contributed by atoms with van der Waals surface area (Å²) in [6.07, 6.45) is 4.72. The number of rotatable bonds is 6. The third kappa shape index (κ3) is 3.72. The van der Waals surface area contributed by atoms with Crippen LogP contribution in [0.5, 0.6) is 0 Å². The van der Waals surface area contributed by atoms with Crippen molar-refractivity contribution in [2.45, 2.75) is 24.3 Å². The molecule has 1 aliphatic heterocycles. The van der Waals surface area contributed by atoms with E-state index in [0.29, 0.717) is 38.1 Å². The van der Waals surface area contributed by atoms with Crippen LogP contribution in [0, 0.1) is 5.92 Å². The second kappa shape index (κ2) is 6.89. The highest BCUT2D eigenvalue weighted by Gasteiger charge is 2.26. The van der Waals surface area contributed by atoms with Gasteiger partial charge >= 0.3 is 0 Å². The first-order chi connectivity index (χ1) is 9.54. The molecule has 1 aromatic rings. The second-order valence-corrected chi connectivity index (χ2v) is 7.39. The average Bonchev–Trinajstić information content (AvgIpc) is 2.89. The summed E-state index contributed by atoms with van der Waals surface area (Å²) < 4.78 is 33.1. The molecule has 0 saturated carbocycles. The van der Waals surface area contributed by atoms with E-state index >= 15 is 0 Å². The molecular weight excluding hydrogens is 302 g/mol. The summed E-state index contributed by atoms with van der Waals surface area (Å²) in [6.45, 7) is 2.45. The van der Waals surface area contributed by atoms with Crippen molar-refractivity contribution in [3.63, 3.8) is 0 Å². The number of aryl methyl sites for hydroxylation is 1. The van der Waals surface area contributed by atoms with Crippen LogP contribution in [0.4, 0.5) is 0 Å². The van der Waals surface area contributed by atoms with Gasteiger partial charge < -0.3 is 4.74 Å². The van der Waals surface area contributed by atoms with Crippen LogP contribution in [-0.4, -0.2) is 55.2 Å². The molecule has 0 aliphatic carbocycles. The SMILES string of the molecule is CN(CC1CCOCC1)S(=O)(=O)c1cnn(CCCl)c1. The molecule has 0 unspecified atom stereocenters. The molecule has 0 aromatic carbocycles. The van der Waals surface area contributed by atoms with Crippen molar-refractivity contribution in [2.24, 2.45) is 5.92 Å². The van der Waals surface area contributed by atoms with Crippen LogP contribution >= 0.6 is 11.6 Å². The van der Waals surface area contributed by atoms with Crippen molar-refractivity contribution in [2.75, 3.05) is 32.7 Å².